The van der Waals surface area contributed by atoms with E-state index < -0.39 is 0 Å². The van der Waals surface area contributed by atoms with E-state index in [1.165, 1.54) is 6.45 Å². The minimum Gasteiger partial charge on any atom is -0.0963 e. The zero-order chi connectivity index (χ0) is 9.10. The highest BCUT2D eigenvalue weighted by Crippen LogP contribution is 2.04. The summed E-state index contributed by atoms with van der Waals surface area (Å²) in [6.07, 6.45) is 0. The van der Waals surface area contributed by atoms with E-state index in [0.717, 1.165) is 5.02 Å². The fraction of sp³-hybridized carbons (Fsp3) is 0. The molecule has 0 N–H and O–H groups in total. The molecule has 1 heterocycles. The number of thiophene rings is 1. The van der Waals surface area contributed by atoms with E-state index in [4.69, 9.17) is 11.6 Å². The molecule has 2 aromatic rings. The lowest BCUT2D eigenvalue weighted by molar-refractivity contribution is -0.591. The summed E-state index contributed by atoms with van der Waals surface area (Å²) in [5.74, 6) is 0. The summed E-state index contributed by atoms with van der Waals surface area (Å²) in [5.41, 5.74) is 0. The second-order valence-electron chi connectivity index (χ2n) is 2.45. The Morgan fingerprint density at radius 2 is 2.08 bits per heavy atom. The van der Waals surface area contributed by atoms with Crippen LogP contribution in [0, 0.1) is 6.45 Å². The van der Waals surface area contributed by atoms with E-state index in [1.54, 1.807) is 0 Å². The average Bonchev–Trinajstić information content (AvgIpc) is 2.57. The molecule has 3 heteroatoms. The third-order valence-corrected chi connectivity index (χ3v) is 5.83. The minimum absolute atomic E-state index is 0.0164. The normalized spacial score (nSPS) is 10.2. The van der Waals surface area contributed by atoms with Gasteiger partial charge in [-0.05, 0) is 23.6 Å². The first kappa shape index (κ1) is 9.49. The standard InChI is InChI=1S/C10H7ClIS/c11-8-3-1-4-9(7-8)12-10-5-2-6-13-10/h1-7H/q+1. The summed E-state index contributed by atoms with van der Waals surface area (Å²) < 4.78 is 2.87. The Morgan fingerprint density at radius 3 is 2.77 bits per heavy atom. The van der Waals surface area contributed by atoms with Gasteiger partial charge in [-0.15, -0.1) is 0 Å². The third-order valence-electron chi connectivity index (χ3n) is 1.48. The van der Waals surface area contributed by atoms with Gasteiger partial charge < -0.3 is 0 Å². The van der Waals surface area contributed by atoms with Gasteiger partial charge in [-0.2, -0.15) is 0 Å². The first-order valence-corrected chi connectivity index (χ1v) is 7.20. The van der Waals surface area contributed by atoms with Crippen molar-refractivity contribution >= 4 is 22.9 Å². The molecule has 0 fully saturated rings. The van der Waals surface area contributed by atoms with Crippen LogP contribution in [0.2, 0.25) is 5.02 Å². The number of halogens is 2. The maximum atomic E-state index is 5.91. The molecule has 0 atom stereocenters. The summed E-state index contributed by atoms with van der Waals surface area (Å²) in [7, 11) is 0. The predicted molar refractivity (Wildman–Crippen MR) is 53.2 cm³/mol. The summed E-state index contributed by atoms with van der Waals surface area (Å²) in [6, 6.07) is 12.4. The van der Waals surface area contributed by atoms with Crippen molar-refractivity contribution in [2.75, 3.05) is 0 Å². The molecular formula is C10H7ClIS+. The average molecular weight is 322 g/mol. The lowest BCUT2D eigenvalue weighted by atomic mass is 10.4. The fourth-order valence-electron chi connectivity index (χ4n) is 0.939. The zero-order valence-corrected chi connectivity index (χ0v) is 10.4. The van der Waals surface area contributed by atoms with Crippen molar-refractivity contribution in [3.8, 4) is 0 Å². The Hall–Kier alpha value is -0.0600. The fourth-order valence-corrected chi connectivity index (χ4v) is 5.10. The van der Waals surface area contributed by atoms with E-state index >= 15 is 0 Å². The number of rotatable bonds is 2. The van der Waals surface area contributed by atoms with E-state index in [2.05, 4.69) is 29.6 Å². The maximum absolute atomic E-state index is 5.91. The first-order valence-electron chi connectivity index (χ1n) is 3.78. The van der Waals surface area contributed by atoms with Gasteiger partial charge in [0.15, 0.2) is 3.57 Å². The van der Waals surface area contributed by atoms with E-state index in [-0.39, 0.29) is 21.2 Å². The largest absolute Gasteiger partial charge is 0.369 e. The Kier molecular flexibility index (Phi) is 3.24. The highest BCUT2D eigenvalue weighted by atomic mass is 127. The molecule has 0 bridgehead atoms. The topological polar surface area (TPSA) is 0 Å². The van der Waals surface area contributed by atoms with Crippen molar-refractivity contribution in [1.82, 2.24) is 0 Å². The third kappa shape index (κ3) is 2.69. The van der Waals surface area contributed by atoms with Crippen LogP contribution in [0.1, 0.15) is 0 Å². The summed E-state index contributed by atoms with van der Waals surface area (Å²) in [6.45, 7) is 0. The molecule has 13 heavy (non-hydrogen) atoms. The van der Waals surface area contributed by atoms with Gasteiger partial charge in [0.05, 0.1) is 0 Å². The molecule has 0 aliphatic carbocycles. The highest BCUT2D eigenvalue weighted by molar-refractivity contribution is 7.07. The summed E-state index contributed by atoms with van der Waals surface area (Å²) >= 11 is 7.72. The molecule has 0 saturated carbocycles. The first-order chi connectivity index (χ1) is 6.34. The number of hydrogen-bond donors (Lipinski definition) is 0. The lowest BCUT2D eigenvalue weighted by Crippen LogP contribution is -3.61. The minimum atomic E-state index is -0.0164. The van der Waals surface area contributed by atoms with Gasteiger partial charge in [-0.25, -0.2) is 0 Å². The van der Waals surface area contributed by atoms with E-state index in [1.807, 2.05) is 23.5 Å². The van der Waals surface area contributed by atoms with Crippen LogP contribution in [0.3, 0.4) is 0 Å². The number of hydrogen-bond acceptors (Lipinski definition) is 1. The van der Waals surface area contributed by atoms with Crippen LogP contribution in [0.15, 0.2) is 41.8 Å². The molecule has 0 saturated heterocycles. The van der Waals surface area contributed by atoms with Gasteiger partial charge >= 0.3 is 21.2 Å². The van der Waals surface area contributed by atoms with Crippen molar-refractivity contribution < 1.29 is 21.2 Å². The quantitative estimate of drug-likeness (QED) is 0.708. The van der Waals surface area contributed by atoms with E-state index in [0.29, 0.717) is 0 Å². The van der Waals surface area contributed by atoms with Crippen molar-refractivity contribution in [2.24, 2.45) is 0 Å². The molecule has 0 radical (unpaired) electrons. The van der Waals surface area contributed by atoms with Crippen molar-refractivity contribution in [1.29, 1.82) is 0 Å². The van der Waals surface area contributed by atoms with Crippen LogP contribution in [0.25, 0.3) is 0 Å². The molecule has 1 aromatic carbocycles. The van der Waals surface area contributed by atoms with Crippen LogP contribution in [-0.4, -0.2) is 0 Å². The Bertz CT molecular complexity index is 384. The lowest BCUT2D eigenvalue weighted by Gasteiger charge is -1.85. The molecule has 1 aromatic heterocycles. The van der Waals surface area contributed by atoms with Gasteiger partial charge in [0, 0.05) is 17.2 Å². The van der Waals surface area contributed by atoms with Gasteiger partial charge in [-0.1, -0.05) is 29.0 Å². The van der Waals surface area contributed by atoms with Crippen LogP contribution in [0.5, 0.6) is 0 Å². The smallest absolute Gasteiger partial charge is 0.0963 e. The van der Waals surface area contributed by atoms with Gasteiger partial charge in [-0.3, -0.25) is 0 Å². The van der Waals surface area contributed by atoms with Crippen LogP contribution in [0.4, 0.5) is 0 Å². The van der Waals surface area contributed by atoms with Gasteiger partial charge in [0.25, 0.3) is 0 Å². The SMILES string of the molecule is Clc1cccc([I+]c2cccs2)c1. The highest BCUT2D eigenvalue weighted by Gasteiger charge is 2.15. The molecular weight excluding hydrogens is 315 g/mol. The molecule has 0 aliphatic heterocycles. The molecule has 0 amide bonds. The predicted octanol–water partition coefficient (Wildman–Crippen LogP) is 0.530. The maximum Gasteiger partial charge on any atom is 0.369 e. The summed E-state index contributed by atoms with van der Waals surface area (Å²) in [5, 5.41) is 2.97. The Balaban J connectivity index is 2.19. The molecule has 0 aliphatic rings. The van der Waals surface area contributed by atoms with Crippen LogP contribution < -0.4 is 21.2 Å². The second-order valence-corrected chi connectivity index (χ2v) is 7.51. The monoisotopic (exact) mass is 321 g/mol. The molecule has 0 nitrogen and oxygen atoms in total. The molecule has 0 spiro atoms. The van der Waals surface area contributed by atoms with Gasteiger partial charge in [0.1, 0.15) is 0 Å². The Labute approximate surface area is 96.8 Å². The van der Waals surface area contributed by atoms with Crippen LogP contribution >= 0.6 is 22.9 Å². The zero-order valence-electron chi connectivity index (χ0n) is 6.71. The molecule has 66 valence electrons. The van der Waals surface area contributed by atoms with E-state index in [9.17, 15) is 0 Å². The number of benzene rings is 1. The molecule has 0 unspecified atom stereocenters. The van der Waals surface area contributed by atoms with Crippen molar-refractivity contribution in [3.05, 3.63) is 53.3 Å². The Morgan fingerprint density at radius 1 is 1.15 bits per heavy atom. The molecule has 2 rings (SSSR count). The van der Waals surface area contributed by atoms with Crippen molar-refractivity contribution in [2.45, 2.75) is 0 Å². The summed E-state index contributed by atoms with van der Waals surface area (Å²) in [4.78, 5) is 0. The van der Waals surface area contributed by atoms with Crippen molar-refractivity contribution in [3.63, 3.8) is 0 Å². The second kappa shape index (κ2) is 4.44. The van der Waals surface area contributed by atoms with Crippen LogP contribution in [-0.2, 0) is 0 Å². The van der Waals surface area contributed by atoms with Gasteiger partial charge in [0.2, 0.25) is 2.88 Å².